The number of nitrogens with one attached hydrogen (secondary N) is 1. The SMILES string of the molecule is COc1ccc(CCCC(=O)OC[C@H]2C=C[C@H]3[C@H]4Cc5ccc(OC(C)=O)c6c5[C@@]3(CCN4)[C@H]2O6)cc1. The van der Waals surface area contributed by atoms with E-state index < -0.39 is 0 Å². The monoisotopic (exact) mass is 503 g/mol. The molecule has 37 heavy (non-hydrogen) atoms. The maximum atomic E-state index is 12.6. The summed E-state index contributed by atoms with van der Waals surface area (Å²) in [4.78, 5) is 24.4. The second-order valence-corrected chi connectivity index (χ2v) is 10.6. The van der Waals surface area contributed by atoms with Gasteiger partial charge in [0.25, 0.3) is 0 Å². The smallest absolute Gasteiger partial charge is 0.308 e. The fourth-order valence-corrected chi connectivity index (χ4v) is 6.96. The topological polar surface area (TPSA) is 83.1 Å². The molecule has 2 aliphatic carbocycles. The molecule has 1 saturated heterocycles. The van der Waals surface area contributed by atoms with Gasteiger partial charge in [0.2, 0.25) is 0 Å². The molecule has 2 aromatic carbocycles. The summed E-state index contributed by atoms with van der Waals surface area (Å²) in [6, 6.07) is 12.2. The summed E-state index contributed by atoms with van der Waals surface area (Å²) in [5.41, 5.74) is 3.42. The summed E-state index contributed by atoms with van der Waals surface area (Å²) in [5, 5.41) is 3.70. The summed E-state index contributed by atoms with van der Waals surface area (Å²) < 4.78 is 23.2. The molecule has 5 atom stereocenters. The third-order valence-corrected chi connectivity index (χ3v) is 8.49. The molecule has 1 fully saturated rings. The Morgan fingerprint density at radius 3 is 2.76 bits per heavy atom. The highest BCUT2D eigenvalue weighted by Crippen LogP contribution is 2.62. The van der Waals surface area contributed by atoms with Crippen molar-refractivity contribution in [3.63, 3.8) is 0 Å². The van der Waals surface area contributed by atoms with Crippen LogP contribution in [0.4, 0.5) is 0 Å². The zero-order chi connectivity index (χ0) is 25.6. The van der Waals surface area contributed by atoms with E-state index in [1.54, 1.807) is 7.11 Å². The maximum absolute atomic E-state index is 12.6. The van der Waals surface area contributed by atoms with Gasteiger partial charge in [-0.25, -0.2) is 0 Å². The number of benzene rings is 2. The number of methoxy groups -OCH3 is 1. The molecule has 0 saturated carbocycles. The fourth-order valence-electron chi connectivity index (χ4n) is 6.96. The lowest BCUT2D eigenvalue weighted by atomic mass is 9.52. The third kappa shape index (κ3) is 4.09. The Morgan fingerprint density at radius 1 is 1.14 bits per heavy atom. The molecule has 7 nitrogen and oxygen atoms in total. The predicted molar refractivity (Wildman–Crippen MR) is 137 cm³/mol. The normalized spacial score (nSPS) is 28.2. The van der Waals surface area contributed by atoms with Crippen LogP contribution in [0.15, 0.2) is 48.6 Å². The molecule has 2 bridgehead atoms. The Morgan fingerprint density at radius 2 is 1.97 bits per heavy atom. The Bertz CT molecular complexity index is 1240. The average Bonchev–Trinajstić information content (AvgIpc) is 3.23. The molecule has 2 aliphatic heterocycles. The average molecular weight is 504 g/mol. The van der Waals surface area contributed by atoms with Crippen LogP contribution in [0.5, 0.6) is 17.2 Å². The summed E-state index contributed by atoms with van der Waals surface area (Å²) in [7, 11) is 1.65. The van der Waals surface area contributed by atoms with Crippen molar-refractivity contribution in [2.24, 2.45) is 11.8 Å². The first-order valence-electron chi connectivity index (χ1n) is 13.2. The molecule has 194 valence electrons. The minimum absolute atomic E-state index is 0.0657. The van der Waals surface area contributed by atoms with Crippen LogP contribution in [0.2, 0.25) is 0 Å². The van der Waals surface area contributed by atoms with E-state index >= 15 is 0 Å². The first-order valence-corrected chi connectivity index (χ1v) is 13.2. The van der Waals surface area contributed by atoms with E-state index in [4.69, 9.17) is 18.9 Å². The minimum Gasteiger partial charge on any atom is -0.497 e. The molecule has 2 aromatic rings. The first kappa shape index (κ1) is 24.0. The van der Waals surface area contributed by atoms with E-state index in [1.807, 2.05) is 30.3 Å². The van der Waals surface area contributed by atoms with Gasteiger partial charge in [0.1, 0.15) is 18.5 Å². The molecule has 0 unspecified atom stereocenters. The van der Waals surface area contributed by atoms with Crippen molar-refractivity contribution in [3.8, 4) is 17.2 Å². The van der Waals surface area contributed by atoms with Gasteiger partial charge in [0, 0.05) is 42.2 Å². The fraction of sp³-hybridized carbons (Fsp3) is 0.467. The number of carbonyl (C=O) groups is 2. The number of hydrogen-bond donors (Lipinski definition) is 1. The number of ether oxygens (including phenoxy) is 4. The van der Waals surface area contributed by atoms with E-state index in [0.717, 1.165) is 38.0 Å². The summed E-state index contributed by atoms with van der Waals surface area (Å²) in [6.07, 6.45) is 8.06. The molecule has 1 N–H and O–H groups in total. The summed E-state index contributed by atoms with van der Waals surface area (Å²) in [6.45, 7) is 2.60. The molecule has 0 aromatic heterocycles. The lowest BCUT2D eigenvalue weighted by Crippen LogP contribution is -2.64. The van der Waals surface area contributed by atoms with Crippen LogP contribution in [0.3, 0.4) is 0 Å². The van der Waals surface area contributed by atoms with E-state index in [-0.39, 0.29) is 36.0 Å². The largest absolute Gasteiger partial charge is 0.497 e. The van der Waals surface area contributed by atoms with Gasteiger partial charge in [-0.1, -0.05) is 30.4 Å². The van der Waals surface area contributed by atoms with E-state index in [0.29, 0.717) is 29.9 Å². The van der Waals surface area contributed by atoms with Gasteiger partial charge < -0.3 is 24.3 Å². The number of piperidine rings is 1. The molecule has 2 heterocycles. The Labute approximate surface area is 217 Å². The van der Waals surface area contributed by atoms with Crippen LogP contribution in [-0.4, -0.2) is 44.3 Å². The number of carbonyl (C=O) groups excluding carboxylic acids is 2. The van der Waals surface area contributed by atoms with Gasteiger partial charge in [-0.3, -0.25) is 9.59 Å². The van der Waals surface area contributed by atoms with E-state index in [9.17, 15) is 9.59 Å². The number of aryl methyl sites for hydroxylation is 1. The third-order valence-electron chi connectivity index (χ3n) is 8.49. The van der Waals surface area contributed by atoms with Gasteiger partial charge in [-0.15, -0.1) is 0 Å². The maximum Gasteiger partial charge on any atom is 0.308 e. The molecule has 0 radical (unpaired) electrons. The van der Waals surface area contributed by atoms with Crippen molar-refractivity contribution in [2.75, 3.05) is 20.3 Å². The predicted octanol–water partition coefficient (Wildman–Crippen LogP) is 3.91. The van der Waals surface area contributed by atoms with Gasteiger partial charge in [0.05, 0.1) is 7.11 Å². The van der Waals surface area contributed by atoms with Crippen molar-refractivity contribution >= 4 is 11.9 Å². The van der Waals surface area contributed by atoms with Crippen molar-refractivity contribution in [1.82, 2.24) is 5.32 Å². The van der Waals surface area contributed by atoms with Crippen molar-refractivity contribution in [3.05, 3.63) is 65.2 Å². The molecule has 6 rings (SSSR count). The first-order chi connectivity index (χ1) is 18.0. The van der Waals surface area contributed by atoms with Gasteiger partial charge in [-0.2, -0.15) is 0 Å². The lowest BCUT2D eigenvalue weighted by Gasteiger charge is -2.54. The standard InChI is InChI=1S/C30H33NO6/c1-18(32)36-25-13-9-20-16-24-23-12-8-21(29-30(23,14-15-31-24)27(20)28(25)37-29)17-35-26(33)5-3-4-19-6-10-22(34-2)11-7-19/h6-13,21,23-24,29,31H,3-5,14-17H2,1-2H3/t21-,23+,24-,29+,30+/m1/s1. The number of esters is 2. The van der Waals surface area contributed by atoms with Crippen molar-refractivity contribution < 1.29 is 28.5 Å². The molecule has 1 spiro atoms. The van der Waals surface area contributed by atoms with Crippen LogP contribution in [0.25, 0.3) is 0 Å². The lowest BCUT2D eigenvalue weighted by molar-refractivity contribution is -0.146. The molecule has 4 aliphatic rings. The van der Waals surface area contributed by atoms with Gasteiger partial charge in [0.15, 0.2) is 11.5 Å². The second kappa shape index (κ2) is 9.53. The van der Waals surface area contributed by atoms with Gasteiger partial charge >= 0.3 is 11.9 Å². The Balaban J connectivity index is 1.16. The highest BCUT2D eigenvalue weighted by Gasteiger charge is 2.63. The zero-order valence-corrected chi connectivity index (χ0v) is 21.3. The second-order valence-electron chi connectivity index (χ2n) is 10.6. The highest BCUT2D eigenvalue weighted by molar-refractivity contribution is 5.72. The number of rotatable bonds is 8. The molecule has 0 amide bonds. The zero-order valence-electron chi connectivity index (χ0n) is 21.3. The highest BCUT2D eigenvalue weighted by atomic mass is 16.6. The Kier molecular flexibility index (Phi) is 6.19. The number of hydrogen-bond acceptors (Lipinski definition) is 7. The van der Waals surface area contributed by atoms with E-state index in [1.165, 1.54) is 23.6 Å². The van der Waals surface area contributed by atoms with Crippen LogP contribution in [0.1, 0.15) is 42.9 Å². The minimum atomic E-state index is -0.360. The quantitative estimate of drug-likeness (QED) is 0.332. The van der Waals surface area contributed by atoms with Crippen LogP contribution >= 0.6 is 0 Å². The molecule has 7 heteroatoms. The van der Waals surface area contributed by atoms with Crippen LogP contribution in [0, 0.1) is 11.8 Å². The van der Waals surface area contributed by atoms with E-state index in [2.05, 4.69) is 23.5 Å². The molecular formula is C30H33NO6. The van der Waals surface area contributed by atoms with Crippen LogP contribution < -0.4 is 19.5 Å². The van der Waals surface area contributed by atoms with Crippen molar-refractivity contribution in [2.45, 2.75) is 56.6 Å². The Hall–Kier alpha value is -3.32. The van der Waals surface area contributed by atoms with Crippen LogP contribution in [-0.2, 0) is 32.6 Å². The van der Waals surface area contributed by atoms with Crippen molar-refractivity contribution in [1.29, 1.82) is 0 Å². The summed E-state index contributed by atoms with van der Waals surface area (Å²) in [5.74, 6) is 1.69. The molecular weight excluding hydrogens is 470 g/mol. The summed E-state index contributed by atoms with van der Waals surface area (Å²) >= 11 is 0. The van der Waals surface area contributed by atoms with Gasteiger partial charge in [-0.05, 0) is 61.6 Å².